The summed E-state index contributed by atoms with van der Waals surface area (Å²) in [5.41, 5.74) is 0. The first-order valence-corrected chi connectivity index (χ1v) is 13.9. The summed E-state index contributed by atoms with van der Waals surface area (Å²) in [6.07, 6.45) is -3.13. The molecule has 8 heteroatoms. The minimum Gasteiger partial charge on any atom is -0.536 e. The van der Waals surface area contributed by atoms with Gasteiger partial charge in [0.1, 0.15) is 0 Å². The van der Waals surface area contributed by atoms with Gasteiger partial charge in [-0.3, -0.25) is 0 Å². The van der Waals surface area contributed by atoms with Gasteiger partial charge in [0, 0.05) is 0 Å². The molecule has 0 bridgehead atoms. The van der Waals surface area contributed by atoms with Gasteiger partial charge in [-0.05, 0) is 45.7 Å². The fourth-order valence-corrected chi connectivity index (χ4v) is 2.77. The van der Waals surface area contributed by atoms with E-state index in [-0.39, 0.29) is 6.61 Å². The molecular formula is C13H27F3O3Si2. The number of halogens is 3. The SMILES string of the molecule is CCCCOC(O[Si](C)(C)C)=C(O[Si](C)(C)C)C(F)(F)F. The molecule has 0 saturated carbocycles. The summed E-state index contributed by atoms with van der Waals surface area (Å²) in [6, 6.07) is 0. The van der Waals surface area contributed by atoms with Crippen molar-refractivity contribution in [2.75, 3.05) is 6.61 Å². The largest absolute Gasteiger partial charge is 0.536 e. The van der Waals surface area contributed by atoms with Crippen LogP contribution in [0.15, 0.2) is 11.7 Å². The van der Waals surface area contributed by atoms with Crippen LogP contribution in [0.3, 0.4) is 0 Å². The Morgan fingerprint density at radius 3 is 1.71 bits per heavy atom. The van der Waals surface area contributed by atoms with Crippen molar-refractivity contribution in [2.45, 2.75) is 65.2 Å². The Morgan fingerprint density at radius 2 is 1.38 bits per heavy atom. The number of allylic oxidation sites excluding steroid dienone is 1. The Kier molecular flexibility index (Phi) is 7.34. The van der Waals surface area contributed by atoms with Crippen LogP contribution in [-0.4, -0.2) is 29.4 Å². The van der Waals surface area contributed by atoms with Gasteiger partial charge in [0.2, 0.25) is 16.6 Å². The van der Waals surface area contributed by atoms with Crippen molar-refractivity contribution in [3.05, 3.63) is 11.7 Å². The van der Waals surface area contributed by atoms with Crippen molar-refractivity contribution in [1.29, 1.82) is 0 Å². The fourth-order valence-electron chi connectivity index (χ4n) is 1.25. The maximum Gasteiger partial charge on any atom is 0.454 e. The highest BCUT2D eigenvalue weighted by Crippen LogP contribution is 2.33. The van der Waals surface area contributed by atoms with Crippen LogP contribution >= 0.6 is 0 Å². The first-order chi connectivity index (χ1) is 9.26. The second-order valence-corrected chi connectivity index (χ2v) is 15.6. The molecule has 0 aliphatic rings. The first kappa shape index (κ1) is 20.4. The fraction of sp³-hybridized carbons (Fsp3) is 0.846. The molecular weight excluding hydrogens is 317 g/mol. The van der Waals surface area contributed by atoms with Crippen molar-refractivity contribution in [3.8, 4) is 0 Å². The molecule has 0 fully saturated rings. The number of rotatable bonds is 8. The van der Waals surface area contributed by atoms with Crippen molar-refractivity contribution in [3.63, 3.8) is 0 Å². The molecule has 0 saturated heterocycles. The number of ether oxygens (including phenoxy) is 1. The molecule has 126 valence electrons. The molecule has 0 N–H and O–H groups in total. The monoisotopic (exact) mass is 344 g/mol. The molecule has 0 atom stereocenters. The Morgan fingerprint density at radius 1 is 0.905 bits per heavy atom. The Hall–Kier alpha value is -0.636. The van der Waals surface area contributed by atoms with Gasteiger partial charge in [-0.15, -0.1) is 0 Å². The van der Waals surface area contributed by atoms with Crippen molar-refractivity contribution in [1.82, 2.24) is 0 Å². The van der Waals surface area contributed by atoms with Crippen LogP contribution in [0.25, 0.3) is 0 Å². The standard InChI is InChI=1S/C13H27F3O3Si2/c1-8-9-10-17-12(19-21(5,6)7)11(13(14,15)16)18-20(2,3)4/h8-10H2,1-7H3. The Balaban J connectivity index is 5.54. The van der Waals surface area contributed by atoms with Crippen LogP contribution in [0.2, 0.25) is 39.3 Å². The quantitative estimate of drug-likeness (QED) is 0.342. The molecule has 0 aliphatic heterocycles. The molecule has 0 amide bonds. The molecule has 0 rings (SSSR count). The molecule has 0 radical (unpaired) electrons. The van der Waals surface area contributed by atoms with Gasteiger partial charge < -0.3 is 13.6 Å². The van der Waals surface area contributed by atoms with E-state index < -0.39 is 34.5 Å². The van der Waals surface area contributed by atoms with Crippen LogP contribution in [0, 0.1) is 0 Å². The van der Waals surface area contributed by atoms with Gasteiger partial charge in [-0.2, -0.15) is 13.2 Å². The van der Waals surface area contributed by atoms with E-state index in [2.05, 4.69) is 0 Å². The third-order valence-electron chi connectivity index (χ3n) is 1.98. The van der Waals surface area contributed by atoms with Crippen LogP contribution in [0.4, 0.5) is 13.2 Å². The van der Waals surface area contributed by atoms with Crippen LogP contribution in [0.5, 0.6) is 0 Å². The van der Waals surface area contributed by atoms with Gasteiger partial charge in [0.05, 0.1) is 6.61 Å². The highest BCUT2D eigenvalue weighted by atomic mass is 28.4. The zero-order valence-corrected chi connectivity index (χ0v) is 16.0. The lowest BCUT2D eigenvalue weighted by Crippen LogP contribution is -2.34. The zero-order chi connectivity index (χ0) is 16.9. The predicted molar refractivity (Wildman–Crippen MR) is 82.8 cm³/mol. The minimum absolute atomic E-state index is 0.185. The van der Waals surface area contributed by atoms with E-state index in [9.17, 15) is 13.2 Å². The Bertz CT molecular complexity index is 355. The summed E-state index contributed by atoms with van der Waals surface area (Å²) in [7, 11) is -4.68. The topological polar surface area (TPSA) is 27.7 Å². The second-order valence-electron chi connectivity index (χ2n) is 6.75. The van der Waals surface area contributed by atoms with E-state index >= 15 is 0 Å². The van der Waals surface area contributed by atoms with Gasteiger partial charge in [-0.25, -0.2) is 0 Å². The summed E-state index contributed by atoms with van der Waals surface area (Å²) in [4.78, 5) is 0. The first-order valence-electron chi connectivity index (χ1n) is 7.08. The smallest absolute Gasteiger partial charge is 0.454 e. The van der Waals surface area contributed by atoms with Gasteiger partial charge in [0.25, 0.3) is 5.76 Å². The molecule has 0 aliphatic carbocycles. The molecule has 3 nitrogen and oxygen atoms in total. The average molecular weight is 345 g/mol. The third-order valence-corrected chi connectivity index (χ3v) is 3.60. The maximum atomic E-state index is 13.3. The lowest BCUT2D eigenvalue weighted by Gasteiger charge is -2.28. The van der Waals surface area contributed by atoms with E-state index in [1.165, 1.54) is 0 Å². The summed E-state index contributed by atoms with van der Waals surface area (Å²) in [5, 5.41) is 0. The van der Waals surface area contributed by atoms with E-state index in [1.54, 1.807) is 39.3 Å². The highest BCUT2D eigenvalue weighted by Gasteiger charge is 2.44. The normalized spacial score (nSPS) is 14.6. The molecule has 0 aromatic carbocycles. The molecule has 0 unspecified atom stereocenters. The van der Waals surface area contributed by atoms with Crippen molar-refractivity contribution >= 4 is 16.6 Å². The van der Waals surface area contributed by atoms with E-state index in [0.29, 0.717) is 6.42 Å². The predicted octanol–water partition coefficient (Wildman–Crippen LogP) is 5.24. The van der Waals surface area contributed by atoms with E-state index in [4.69, 9.17) is 13.6 Å². The average Bonchev–Trinajstić information content (AvgIpc) is 2.20. The summed E-state index contributed by atoms with van der Waals surface area (Å²) < 4.78 is 55.8. The lowest BCUT2D eigenvalue weighted by molar-refractivity contribution is -0.128. The number of unbranched alkanes of at least 4 members (excludes halogenated alkanes) is 1. The van der Waals surface area contributed by atoms with Crippen LogP contribution < -0.4 is 0 Å². The van der Waals surface area contributed by atoms with Crippen LogP contribution in [0.1, 0.15) is 19.8 Å². The van der Waals surface area contributed by atoms with Gasteiger partial charge in [0.15, 0.2) is 0 Å². The summed E-state index contributed by atoms with van der Waals surface area (Å²) in [6.45, 7) is 12.6. The van der Waals surface area contributed by atoms with E-state index in [1.807, 2.05) is 6.92 Å². The molecule has 0 aromatic heterocycles. The van der Waals surface area contributed by atoms with Crippen molar-refractivity contribution in [2.24, 2.45) is 0 Å². The summed E-state index contributed by atoms with van der Waals surface area (Å²) in [5.74, 6) is -1.63. The minimum atomic E-state index is -4.62. The third kappa shape index (κ3) is 9.84. The van der Waals surface area contributed by atoms with Gasteiger partial charge >= 0.3 is 12.1 Å². The number of hydrogen-bond donors (Lipinski definition) is 0. The molecule has 0 aromatic rings. The van der Waals surface area contributed by atoms with Gasteiger partial charge in [-0.1, -0.05) is 13.3 Å². The molecule has 21 heavy (non-hydrogen) atoms. The Labute approximate surface area is 127 Å². The molecule has 0 spiro atoms. The maximum absolute atomic E-state index is 13.3. The number of alkyl halides is 3. The zero-order valence-electron chi connectivity index (χ0n) is 14.0. The van der Waals surface area contributed by atoms with Crippen molar-refractivity contribution < 1.29 is 26.8 Å². The second kappa shape index (κ2) is 7.57. The van der Waals surface area contributed by atoms with E-state index in [0.717, 1.165) is 6.42 Å². The lowest BCUT2D eigenvalue weighted by atomic mass is 10.4. The molecule has 0 heterocycles. The number of hydrogen-bond acceptors (Lipinski definition) is 3. The highest BCUT2D eigenvalue weighted by molar-refractivity contribution is 6.70. The van der Waals surface area contributed by atoms with Crippen LogP contribution in [-0.2, 0) is 13.6 Å². The summed E-state index contributed by atoms with van der Waals surface area (Å²) >= 11 is 0.